The standard InChI is InChI=1S/C24H32N2O6/c1-16(31-15-17-10-8-7-9-11-17)21(26-23(28)32-24(2,3)4)22(27)25-19-14-18(29-5)12-13-20(19)30-6/h7-14,16,21H,15H2,1-6H3,(H,25,27)(H,26,28)/t16-,21-/m1/s1. The van der Waals surface area contributed by atoms with Crippen LogP contribution in [0.15, 0.2) is 48.5 Å². The number of anilines is 1. The number of nitrogens with one attached hydrogen (secondary N) is 2. The number of carbonyl (C=O) groups excluding carboxylic acids is 2. The monoisotopic (exact) mass is 444 g/mol. The minimum absolute atomic E-state index is 0.282. The Hall–Kier alpha value is -3.26. The first-order valence-electron chi connectivity index (χ1n) is 10.3. The van der Waals surface area contributed by atoms with E-state index in [0.29, 0.717) is 17.2 Å². The van der Waals surface area contributed by atoms with Gasteiger partial charge in [0.05, 0.1) is 32.6 Å². The second-order valence-electron chi connectivity index (χ2n) is 8.18. The van der Waals surface area contributed by atoms with Crippen LogP contribution in [0.5, 0.6) is 11.5 Å². The van der Waals surface area contributed by atoms with Crippen LogP contribution in [0.25, 0.3) is 0 Å². The summed E-state index contributed by atoms with van der Waals surface area (Å²) in [4.78, 5) is 25.6. The summed E-state index contributed by atoms with van der Waals surface area (Å²) in [7, 11) is 3.03. The molecule has 2 N–H and O–H groups in total. The van der Waals surface area contributed by atoms with E-state index in [-0.39, 0.29) is 6.61 Å². The summed E-state index contributed by atoms with van der Waals surface area (Å²) in [6, 6.07) is 13.6. The highest BCUT2D eigenvalue weighted by Gasteiger charge is 2.30. The van der Waals surface area contributed by atoms with Gasteiger partial charge in [0.15, 0.2) is 0 Å². The van der Waals surface area contributed by atoms with E-state index in [1.54, 1.807) is 45.9 Å². The Bertz CT molecular complexity index is 895. The first kappa shape index (κ1) is 25.0. The molecular weight excluding hydrogens is 412 g/mol. The van der Waals surface area contributed by atoms with E-state index >= 15 is 0 Å². The van der Waals surface area contributed by atoms with Gasteiger partial charge < -0.3 is 29.6 Å². The van der Waals surface area contributed by atoms with E-state index in [2.05, 4.69) is 10.6 Å². The van der Waals surface area contributed by atoms with Gasteiger partial charge in [-0.25, -0.2) is 4.79 Å². The molecule has 2 amide bonds. The van der Waals surface area contributed by atoms with E-state index in [0.717, 1.165) is 5.56 Å². The molecule has 0 aliphatic carbocycles. The molecule has 0 fully saturated rings. The number of hydrogen-bond acceptors (Lipinski definition) is 6. The maximum Gasteiger partial charge on any atom is 0.408 e. The fraction of sp³-hybridized carbons (Fsp3) is 0.417. The van der Waals surface area contributed by atoms with Crippen molar-refractivity contribution in [1.29, 1.82) is 0 Å². The summed E-state index contributed by atoms with van der Waals surface area (Å²) in [5.74, 6) is 0.516. The van der Waals surface area contributed by atoms with Crippen LogP contribution in [0.1, 0.15) is 33.3 Å². The summed E-state index contributed by atoms with van der Waals surface area (Å²) >= 11 is 0. The van der Waals surface area contributed by atoms with Gasteiger partial charge in [0.2, 0.25) is 5.91 Å². The van der Waals surface area contributed by atoms with E-state index in [1.165, 1.54) is 14.2 Å². The fourth-order valence-electron chi connectivity index (χ4n) is 2.85. The van der Waals surface area contributed by atoms with Crippen LogP contribution in [-0.2, 0) is 20.9 Å². The lowest BCUT2D eigenvalue weighted by molar-refractivity contribution is -0.122. The van der Waals surface area contributed by atoms with Crippen molar-refractivity contribution in [1.82, 2.24) is 5.32 Å². The first-order chi connectivity index (χ1) is 15.1. The fourth-order valence-corrected chi connectivity index (χ4v) is 2.85. The maximum atomic E-state index is 13.2. The number of carbonyl (C=O) groups is 2. The molecule has 0 spiro atoms. The minimum atomic E-state index is -1.02. The average Bonchev–Trinajstić information content (AvgIpc) is 2.75. The lowest BCUT2D eigenvalue weighted by Crippen LogP contribution is -2.52. The molecular formula is C24H32N2O6. The predicted molar refractivity (Wildman–Crippen MR) is 122 cm³/mol. The molecule has 0 aliphatic heterocycles. The molecule has 0 heterocycles. The second-order valence-corrected chi connectivity index (χ2v) is 8.18. The molecule has 0 bridgehead atoms. The zero-order valence-electron chi connectivity index (χ0n) is 19.4. The van der Waals surface area contributed by atoms with Gasteiger partial charge in [0.25, 0.3) is 0 Å². The van der Waals surface area contributed by atoms with Crippen LogP contribution in [0.2, 0.25) is 0 Å². The molecule has 0 saturated heterocycles. The summed E-state index contributed by atoms with van der Waals surface area (Å²) < 4.78 is 21.8. The highest BCUT2D eigenvalue weighted by Crippen LogP contribution is 2.29. The molecule has 8 heteroatoms. The molecule has 0 aliphatic rings. The lowest BCUT2D eigenvalue weighted by Gasteiger charge is -2.27. The van der Waals surface area contributed by atoms with Crippen molar-refractivity contribution in [3.63, 3.8) is 0 Å². The highest BCUT2D eigenvalue weighted by molar-refractivity contribution is 5.98. The summed E-state index contributed by atoms with van der Waals surface area (Å²) in [5, 5.41) is 5.41. The largest absolute Gasteiger partial charge is 0.497 e. The third-order valence-corrected chi connectivity index (χ3v) is 4.44. The molecule has 8 nitrogen and oxygen atoms in total. The van der Waals surface area contributed by atoms with Crippen LogP contribution >= 0.6 is 0 Å². The van der Waals surface area contributed by atoms with Crippen molar-refractivity contribution in [3.05, 3.63) is 54.1 Å². The van der Waals surface area contributed by atoms with Gasteiger partial charge in [-0.05, 0) is 45.4 Å². The van der Waals surface area contributed by atoms with Crippen LogP contribution in [-0.4, -0.2) is 44.0 Å². The highest BCUT2D eigenvalue weighted by atomic mass is 16.6. The van der Waals surface area contributed by atoms with Crippen LogP contribution < -0.4 is 20.1 Å². The molecule has 0 radical (unpaired) electrons. The quantitative estimate of drug-likeness (QED) is 0.604. The van der Waals surface area contributed by atoms with Crippen molar-refractivity contribution in [3.8, 4) is 11.5 Å². The van der Waals surface area contributed by atoms with Gasteiger partial charge in [-0.1, -0.05) is 30.3 Å². The number of benzene rings is 2. The topological polar surface area (TPSA) is 95.1 Å². The molecule has 2 aromatic rings. The van der Waals surface area contributed by atoms with Gasteiger partial charge in [-0.3, -0.25) is 4.79 Å². The van der Waals surface area contributed by atoms with Crippen molar-refractivity contribution in [2.24, 2.45) is 0 Å². The zero-order valence-corrected chi connectivity index (χ0v) is 19.4. The molecule has 174 valence electrons. The van der Waals surface area contributed by atoms with Crippen molar-refractivity contribution >= 4 is 17.7 Å². The number of methoxy groups -OCH3 is 2. The Morgan fingerprint density at radius 3 is 2.28 bits per heavy atom. The summed E-state index contributed by atoms with van der Waals surface area (Å²) in [6.45, 7) is 7.24. The molecule has 0 saturated carbocycles. The summed E-state index contributed by atoms with van der Waals surface area (Å²) in [5.41, 5.74) is 0.642. The number of rotatable bonds is 9. The Balaban J connectivity index is 2.20. The maximum absolute atomic E-state index is 13.2. The van der Waals surface area contributed by atoms with Crippen molar-refractivity contribution < 1.29 is 28.5 Å². The predicted octanol–water partition coefficient (Wildman–Crippen LogP) is 4.14. The minimum Gasteiger partial charge on any atom is -0.497 e. The first-order valence-corrected chi connectivity index (χ1v) is 10.3. The summed E-state index contributed by atoms with van der Waals surface area (Å²) in [6.07, 6.45) is -1.37. The number of hydrogen-bond donors (Lipinski definition) is 2. The van der Waals surface area contributed by atoms with E-state index in [1.807, 2.05) is 30.3 Å². The number of ether oxygens (including phenoxy) is 4. The molecule has 2 atom stereocenters. The van der Waals surface area contributed by atoms with E-state index in [4.69, 9.17) is 18.9 Å². The average molecular weight is 445 g/mol. The normalized spacial score (nSPS) is 12.9. The van der Waals surface area contributed by atoms with Gasteiger partial charge in [0.1, 0.15) is 23.1 Å². The lowest BCUT2D eigenvalue weighted by atomic mass is 10.1. The molecule has 32 heavy (non-hydrogen) atoms. The molecule has 0 unspecified atom stereocenters. The smallest absolute Gasteiger partial charge is 0.408 e. The number of amides is 2. The van der Waals surface area contributed by atoms with Crippen LogP contribution in [0.4, 0.5) is 10.5 Å². The van der Waals surface area contributed by atoms with Gasteiger partial charge in [0, 0.05) is 6.07 Å². The van der Waals surface area contributed by atoms with Crippen LogP contribution in [0, 0.1) is 0 Å². The van der Waals surface area contributed by atoms with Crippen LogP contribution in [0.3, 0.4) is 0 Å². The molecule has 0 aromatic heterocycles. The SMILES string of the molecule is COc1ccc(OC)c(NC(=O)[C@H](NC(=O)OC(C)(C)C)[C@@H](C)OCc2ccccc2)c1. The van der Waals surface area contributed by atoms with E-state index in [9.17, 15) is 9.59 Å². The van der Waals surface area contributed by atoms with Gasteiger partial charge >= 0.3 is 6.09 Å². The second kappa shape index (κ2) is 11.4. The Morgan fingerprint density at radius 1 is 1.00 bits per heavy atom. The third-order valence-electron chi connectivity index (χ3n) is 4.44. The number of alkyl carbamates (subject to hydrolysis) is 1. The van der Waals surface area contributed by atoms with Crippen molar-refractivity contribution in [2.75, 3.05) is 19.5 Å². The molecule has 2 aromatic carbocycles. The van der Waals surface area contributed by atoms with E-state index < -0.39 is 29.7 Å². The zero-order chi connectivity index (χ0) is 23.7. The van der Waals surface area contributed by atoms with Gasteiger partial charge in [-0.2, -0.15) is 0 Å². The Kier molecular flexibility index (Phi) is 8.90. The molecule has 2 rings (SSSR count). The Labute approximate surface area is 189 Å². The van der Waals surface area contributed by atoms with Gasteiger partial charge in [-0.15, -0.1) is 0 Å². The Morgan fingerprint density at radius 2 is 1.69 bits per heavy atom. The third kappa shape index (κ3) is 7.77. The van der Waals surface area contributed by atoms with Crippen molar-refractivity contribution in [2.45, 2.75) is 52.0 Å².